The highest BCUT2D eigenvalue weighted by Gasteiger charge is 2.10. The first-order valence-electron chi connectivity index (χ1n) is 3.44. The monoisotopic (exact) mass is 186 g/mol. The van der Waals surface area contributed by atoms with Gasteiger partial charge in [-0.05, 0) is 48.0 Å². The number of hydrogen-bond donors (Lipinski definition) is 1. The van der Waals surface area contributed by atoms with Crippen molar-refractivity contribution in [2.75, 3.05) is 0 Å². The molecule has 0 aliphatic heterocycles. The van der Waals surface area contributed by atoms with Gasteiger partial charge in [-0.3, -0.25) is 0 Å². The maximum atomic E-state index is 8.51. The van der Waals surface area contributed by atoms with Crippen molar-refractivity contribution in [1.29, 1.82) is 10.8 Å². The Balaban J connectivity index is -0.000000320. The van der Waals surface area contributed by atoms with Gasteiger partial charge >= 0.3 is 0 Å². The molecule has 0 radical (unpaired) electrons. The standard InChI is InChI=1S/C10H7N.HN3.H2/c1-4-5-6-7-8-10(2,3)9-11;1-3-2;/h1H,2-3H3;1H;1H. The summed E-state index contributed by atoms with van der Waals surface area (Å²) in [5, 5.41) is 8.51. The van der Waals surface area contributed by atoms with Crippen LogP contribution >= 0.6 is 0 Å². The Labute approximate surface area is 84.8 Å². The van der Waals surface area contributed by atoms with E-state index in [9.17, 15) is 0 Å². The van der Waals surface area contributed by atoms with Crippen LogP contribution in [0.25, 0.3) is 10.4 Å². The average molecular weight is 186 g/mol. The predicted octanol–water partition coefficient (Wildman–Crippen LogP) is 2.30. The molecule has 0 aliphatic rings. The predicted molar refractivity (Wildman–Crippen MR) is 55.3 cm³/mol. The minimum Gasteiger partial charge on any atom is -0.197 e. The van der Waals surface area contributed by atoms with E-state index in [1.54, 1.807) is 18.8 Å². The molecule has 0 aromatic carbocycles. The molecule has 0 rings (SSSR count). The highest BCUT2D eigenvalue weighted by molar-refractivity contribution is 5.36. The van der Waals surface area contributed by atoms with Crippen molar-refractivity contribution in [3.63, 3.8) is 0 Å². The topological polar surface area (TPSA) is 84.0 Å². The van der Waals surface area contributed by atoms with Gasteiger partial charge in [-0.1, -0.05) is 5.92 Å². The van der Waals surface area contributed by atoms with Crippen molar-refractivity contribution in [1.82, 2.24) is 0 Å². The van der Waals surface area contributed by atoms with Crippen LogP contribution in [-0.2, 0) is 0 Å². The van der Waals surface area contributed by atoms with Crippen molar-refractivity contribution >= 4 is 0 Å². The summed E-state index contributed by atoms with van der Waals surface area (Å²) >= 11 is 0. The van der Waals surface area contributed by atoms with Crippen LogP contribution in [0.1, 0.15) is 15.3 Å². The van der Waals surface area contributed by atoms with Crippen LogP contribution in [0, 0.1) is 58.3 Å². The fraction of sp³-hybridized carbons (Fsp3) is 0.300. The SMILES string of the molecule is C#CC#CC#CC(C)(C)C#N.[HH].[N-]=[N+]=N. The zero-order chi connectivity index (χ0) is 11.4. The van der Waals surface area contributed by atoms with Crippen molar-refractivity contribution < 1.29 is 1.43 Å². The zero-order valence-corrected chi connectivity index (χ0v) is 7.92. The lowest BCUT2D eigenvalue weighted by atomic mass is 9.97. The summed E-state index contributed by atoms with van der Waals surface area (Å²) in [5.41, 5.74) is 11.6. The number of rotatable bonds is 0. The lowest BCUT2D eigenvalue weighted by Gasteiger charge is -2.01. The second kappa shape index (κ2) is 8.58. The Kier molecular flexibility index (Phi) is 8.59. The fourth-order valence-corrected chi connectivity index (χ4v) is 0.283. The Bertz CT molecular complexity index is 409. The molecule has 0 aromatic heterocycles. The van der Waals surface area contributed by atoms with Crippen molar-refractivity contribution in [2.45, 2.75) is 13.8 Å². The summed E-state index contributed by atoms with van der Waals surface area (Å²) in [7, 11) is 0. The zero-order valence-electron chi connectivity index (χ0n) is 7.92. The van der Waals surface area contributed by atoms with Crippen molar-refractivity contribution in [3.05, 3.63) is 10.4 Å². The van der Waals surface area contributed by atoms with E-state index in [1.807, 2.05) is 6.07 Å². The molecule has 4 heteroatoms. The van der Waals surface area contributed by atoms with Crippen LogP contribution in [-0.4, -0.2) is 0 Å². The van der Waals surface area contributed by atoms with Gasteiger partial charge < -0.3 is 0 Å². The molecule has 0 amide bonds. The molecule has 0 heterocycles. The second-order valence-corrected chi connectivity index (χ2v) is 2.48. The summed E-state index contributed by atoms with van der Waals surface area (Å²) in [6.45, 7) is 3.44. The quantitative estimate of drug-likeness (QED) is 0.267. The average Bonchev–Trinajstić information content (AvgIpc) is 2.14. The van der Waals surface area contributed by atoms with Gasteiger partial charge in [0, 0.05) is 1.43 Å². The van der Waals surface area contributed by atoms with E-state index in [0.717, 1.165) is 0 Å². The first-order valence-corrected chi connectivity index (χ1v) is 3.44. The lowest BCUT2D eigenvalue weighted by molar-refractivity contribution is 0.674. The van der Waals surface area contributed by atoms with E-state index in [1.165, 1.54) is 0 Å². The molecule has 70 valence electrons. The van der Waals surface area contributed by atoms with Crippen LogP contribution in [0.3, 0.4) is 0 Å². The summed E-state index contributed by atoms with van der Waals surface area (Å²) in [5.74, 6) is 12.1. The van der Waals surface area contributed by atoms with Gasteiger partial charge in [-0.15, -0.1) is 12.0 Å². The van der Waals surface area contributed by atoms with Gasteiger partial charge in [-0.2, -0.15) is 5.26 Å². The van der Waals surface area contributed by atoms with Gasteiger partial charge in [0.2, 0.25) is 0 Å². The first-order chi connectivity index (χ1) is 6.54. The molecule has 0 bridgehead atoms. The van der Waals surface area contributed by atoms with Gasteiger partial charge in [0.05, 0.1) is 6.07 Å². The summed E-state index contributed by atoms with van der Waals surface area (Å²) < 4.78 is 0. The van der Waals surface area contributed by atoms with Crippen molar-refractivity contribution in [3.8, 4) is 42.1 Å². The Morgan fingerprint density at radius 1 is 1.43 bits per heavy atom. The molecule has 0 saturated heterocycles. The minimum atomic E-state index is -0.636. The van der Waals surface area contributed by atoms with Gasteiger partial charge in [0.1, 0.15) is 5.41 Å². The minimum absolute atomic E-state index is 0. The molecule has 0 aliphatic carbocycles. The molecular weight excluding hydrogens is 176 g/mol. The molecule has 1 N–H and O–H groups in total. The molecule has 0 saturated carbocycles. The summed E-state index contributed by atoms with van der Waals surface area (Å²) in [6.07, 6.45) is 4.85. The van der Waals surface area contributed by atoms with Crippen LogP contribution in [0.2, 0.25) is 0 Å². The molecule has 0 unspecified atom stereocenters. The third kappa shape index (κ3) is 12.2. The number of nitrogens with one attached hydrogen (secondary N) is 1. The summed E-state index contributed by atoms with van der Waals surface area (Å²) in [6, 6.07) is 2.03. The highest BCUT2D eigenvalue weighted by Crippen LogP contribution is 2.09. The first kappa shape index (κ1) is 14.0. The third-order valence-electron chi connectivity index (χ3n) is 0.852. The maximum Gasteiger partial charge on any atom is 0.113 e. The molecule has 14 heavy (non-hydrogen) atoms. The van der Waals surface area contributed by atoms with E-state index in [-0.39, 0.29) is 1.43 Å². The number of hydrogen-bond acceptors (Lipinski definition) is 2. The molecule has 0 atom stereocenters. The maximum absolute atomic E-state index is 8.51. The van der Waals surface area contributed by atoms with E-state index < -0.39 is 5.41 Å². The Morgan fingerprint density at radius 3 is 2.29 bits per heavy atom. The van der Waals surface area contributed by atoms with Crippen LogP contribution in [0.15, 0.2) is 0 Å². The van der Waals surface area contributed by atoms with Crippen LogP contribution < -0.4 is 0 Å². The number of terminal acetylenes is 1. The van der Waals surface area contributed by atoms with Gasteiger partial charge in [-0.25, -0.2) is 0 Å². The fourth-order valence-electron chi connectivity index (χ4n) is 0.283. The summed E-state index contributed by atoms with van der Waals surface area (Å²) in [4.78, 5) is 1.75. The highest BCUT2D eigenvalue weighted by atomic mass is 15.0. The molecule has 0 aromatic rings. The Morgan fingerprint density at radius 2 is 1.93 bits per heavy atom. The van der Waals surface area contributed by atoms with Gasteiger partial charge in [0.15, 0.2) is 0 Å². The van der Waals surface area contributed by atoms with Crippen LogP contribution in [0.4, 0.5) is 0 Å². The molecule has 4 nitrogen and oxygen atoms in total. The third-order valence-corrected chi connectivity index (χ3v) is 0.852. The smallest absolute Gasteiger partial charge is 0.113 e. The largest absolute Gasteiger partial charge is 0.197 e. The van der Waals surface area contributed by atoms with E-state index in [0.29, 0.717) is 0 Å². The van der Waals surface area contributed by atoms with E-state index in [4.69, 9.17) is 22.7 Å². The normalized spacial score (nSPS) is 6.29. The number of nitriles is 1. The Hall–Kier alpha value is -2.52. The molecular formula is C10H10N4. The van der Waals surface area contributed by atoms with E-state index in [2.05, 4.69) is 29.6 Å². The second-order valence-electron chi connectivity index (χ2n) is 2.48. The molecule has 0 spiro atoms. The van der Waals surface area contributed by atoms with Crippen LogP contribution in [0.5, 0.6) is 0 Å². The number of nitrogens with zero attached hydrogens (tertiary/aromatic N) is 3. The van der Waals surface area contributed by atoms with Crippen molar-refractivity contribution in [2.24, 2.45) is 5.41 Å². The van der Waals surface area contributed by atoms with Gasteiger partial charge in [0.25, 0.3) is 0 Å². The molecule has 0 fully saturated rings. The van der Waals surface area contributed by atoms with E-state index >= 15 is 0 Å². The lowest BCUT2D eigenvalue weighted by Crippen LogP contribution is -2.02.